The van der Waals surface area contributed by atoms with Crippen LogP contribution in [-0.2, 0) is 4.79 Å². The minimum atomic E-state index is -0.0383. The van der Waals surface area contributed by atoms with Crippen LogP contribution in [0.4, 0.5) is 11.4 Å². The van der Waals surface area contributed by atoms with Gasteiger partial charge in [0.1, 0.15) is 0 Å². The van der Waals surface area contributed by atoms with E-state index in [1.165, 1.54) is 0 Å². The summed E-state index contributed by atoms with van der Waals surface area (Å²) in [5.74, 6) is 0.203. The molecule has 1 amide bonds. The third kappa shape index (κ3) is 4.14. The fourth-order valence-electron chi connectivity index (χ4n) is 4.02. The van der Waals surface area contributed by atoms with Gasteiger partial charge in [-0.3, -0.25) is 4.79 Å². The Bertz CT molecular complexity index is 865. The Morgan fingerprint density at radius 3 is 2.57 bits per heavy atom. The van der Waals surface area contributed by atoms with Crippen molar-refractivity contribution in [2.24, 2.45) is 5.92 Å². The van der Waals surface area contributed by atoms with Gasteiger partial charge < -0.3 is 15.1 Å². The van der Waals surface area contributed by atoms with Gasteiger partial charge in [0, 0.05) is 42.1 Å². The first-order chi connectivity index (χ1) is 13.6. The zero-order valence-electron chi connectivity index (χ0n) is 16.0. The number of anilines is 2. The van der Waals surface area contributed by atoms with Crippen molar-refractivity contribution in [2.45, 2.75) is 19.3 Å². The van der Waals surface area contributed by atoms with Crippen LogP contribution in [0.5, 0.6) is 0 Å². The van der Waals surface area contributed by atoms with Crippen molar-refractivity contribution >= 4 is 40.5 Å². The summed E-state index contributed by atoms with van der Waals surface area (Å²) < 4.78 is 0. The summed E-state index contributed by atoms with van der Waals surface area (Å²) in [6.07, 6.45) is 0.834. The normalized spacial score (nSPS) is 22.2. The van der Waals surface area contributed by atoms with E-state index in [1.807, 2.05) is 42.5 Å². The van der Waals surface area contributed by atoms with Crippen LogP contribution in [-0.4, -0.2) is 43.5 Å². The van der Waals surface area contributed by atoms with Crippen molar-refractivity contribution in [3.05, 3.63) is 58.1 Å². The Labute approximate surface area is 176 Å². The lowest BCUT2D eigenvalue weighted by molar-refractivity contribution is -0.117. The standard InChI is InChI=1S/C22H25Cl2N3O/c1-2-26-9-11-27(12-10-26)21-8-7-15(23)13-20(21)25-22(28)18-14-17(18)16-5-3-4-6-19(16)24/h3-8,13,17-18H,2,9-12,14H2,1H3,(H,25,28). The minimum absolute atomic E-state index is 0.0383. The van der Waals surface area contributed by atoms with Gasteiger partial charge in [-0.1, -0.05) is 48.3 Å². The number of halogens is 2. The summed E-state index contributed by atoms with van der Waals surface area (Å²) >= 11 is 12.5. The third-order valence-corrected chi connectivity index (χ3v) is 6.39. The van der Waals surface area contributed by atoms with Crippen molar-refractivity contribution in [1.29, 1.82) is 0 Å². The molecule has 1 N–H and O–H groups in total. The zero-order chi connectivity index (χ0) is 19.7. The van der Waals surface area contributed by atoms with Crippen LogP contribution in [0.25, 0.3) is 0 Å². The van der Waals surface area contributed by atoms with Gasteiger partial charge in [0.2, 0.25) is 5.91 Å². The van der Waals surface area contributed by atoms with E-state index in [2.05, 4.69) is 22.0 Å². The molecule has 4 rings (SSSR count). The molecule has 0 radical (unpaired) electrons. The first-order valence-electron chi connectivity index (χ1n) is 9.89. The number of benzene rings is 2. The Balaban J connectivity index is 1.47. The van der Waals surface area contributed by atoms with E-state index in [0.29, 0.717) is 5.02 Å². The highest BCUT2D eigenvalue weighted by Gasteiger charge is 2.45. The third-order valence-electron chi connectivity index (χ3n) is 5.81. The van der Waals surface area contributed by atoms with E-state index in [9.17, 15) is 4.79 Å². The second kappa shape index (κ2) is 8.32. The van der Waals surface area contributed by atoms with Gasteiger partial charge >= 0.3 is 0 Å². The van der Waals surface area contributed by atoms with Crippen LogP contribution >= 0.6 is 23.2 Å². The smallest absolute Gasteiger partial charge is 0.228 e. The molecular formula is C22H25Cl2N3O. The molecule has 28 heavy (non-hydrogen) atoms. The number of piperazine rings is 1. The van der Waals surface area contributed by atoms with Gasteiger partial charge in [0.25, 0.3) is 0 Å². The second-order valence-electron chi connectivity index (χ2n) is 7.54. The van der Waals surface area contributed by atoms with E-state index < -0.39 is 0 Å². The van der Waals surface area contributed by atoms with Crippen LogP contribution in [0.3, 0.4) is 0 Å². The summed E-state index contributed by atoms with van der Waals surface area (Å²) in [7, 11) is 0. The first-order valence-corrected chi connectivity index (χ1v) is 10.6. The summed E-state index contributed by atoms with van der Waals surface area (Å²) in [6.45, 7) is 7.22. The SMILES string of the molecule is CCN1CCN(c2ccc(Cl)cc2NC(=O)C2CC2c2ccccc2Cl)CC1. The number of nitrogens with zero attached hydrogens (tertiary/aromatic N) is 2. The Morgan fingerprint density at radius 1 is 1.11 bits per heavy atom. The molecular weight excluding hydrogens is 393 g/mol. The molecule has 0 aromatic heterocycles. The van der Waals surface area contributed by atoms with E-state index in [0.717, 1.165) is 61.1 Å². The molecule has 1 aliphatic carbocycles. The Morgan fingerprint density at radius 2 is 1.86 bits per heavy atom. The number of hydrogen-bond donors (Lipinski definition) is 1. The average Bonchev–Trinajstić information content (AvgIpc) is 3.49. The highest BCUT2D eigenvalue weighted by Crippen LogP contribution is 2.50. The fraction of sp³-hybridized carbons (Fsp3) is 0.409. The first kappa shape index (κ1) is 19.6. The maximum atomic E-state index is 12.9. The molecule has 148 valence electrons. The summed E-state index contributed by atoms with van der Waals surface area (Å²) in [5, 5.41) is 4.50. The topological polar surface area (TPSA) is 35.6 Å². The maximum Gasteiger partial charge on any atom is 0.228 e. The molecule has 2 fully saturated rings. The van der Waals surface area contributed by atoms with Gasteiger partial charge in [0.05, 0.1) is 11.4 Å². The highest BCUT2D eigenvalue weighted by atomic mass is 35.5. The van der Waals surface area contributed by atoms with Crippen LogP contribution in [0.2, 0.25) is 10.0 Å². The number of carbonyl (C=O) groups is 1. The van der Waals surface area contributed by atoms with E-state index in [1.54, 1.807) is 0 Å². The zero-order valence-corrected chi connectivity index (χ0v) is 17.5. The molecule has 6 heteroatoms. The lowest BCUT2D eigenvalue weighted by atomic mass is 10.1. The van der Waals surface area contributed by atoms with E-state index >= 15 is 0 Å². The second-order valence-corrected chi connectivity index (χ2v) is 8.39. The molecule has 2 aliphatic rings. The molecule has 2 aromatic rings. The van der Waals surface area contributed by atoms with Gasteiger partial charge in [-0.25, -0.2) is 0 Å². The molecule has 0 bridgehead atoms. The quantitative estimate of drug-likeness (QED) is 0.752. The average molecular weight is 418 g/mol. The number of hydrogen-bond acceptors (Lipinski definition) is 3. The van der Waals surface area contributed by atoms with Crippen LogP contribution < -0.4 is 10.2 Å². The van der Waals surface area contributed by atoms with Crippen LogP contribution in [0.1, 0.15) is 24.8 Å². The molecule has 4 nitrogen and oxygen atoms in total. The number of carbonyl (C=O) groups excluding carboxylic acids is 1. The number of likely N-dealkylation sites (N-methyl/N-ethyl adjacent to an activating group) is 1. The van der Waals surface area contributed by atoms with Crippen LogP contribution in [0, 0.1) is 5.92 Å². The molecule has 0 spiro atoms. The van der Waals surface area contributed by atoms with Gasteiger partial charge in [-0.05, 0) is 48.7 Å². The lowest BCUT2D eigenvalue weighted by Gasteiger charge is -2.36. The van der Waals surface area contributed by atoms with Crippen molar-refractivity contribution in [3.8, 4) is 0 Å². The summed E-state index contributed by atoms with van der Waals surface area (Å²) in [5.41, 5.74) is 2.90. The van der Waals surface area contributed by atoms with Crippen molar-refractivity contribution in [3.63, 3.8) is 0 Å². The van der Waals surface area contributed by atoms with Crippen molar-refractivity contribution < 1.29 is 4.79 Å². The summed E-state index contributed by atoms with van der Waals surface area (Å²) in [4.78, 5) is 17.7. The number of nitrogens with one attached hydrogen (secondary N) is 1. The van der Waals surface area contributed by atoms with Gasteiger partial charge in [0.15, 0.2) is 0 Å². The van der Waals surface area contributed by atoms with Gasteiger partial charge in [-0.15, -0.1) is 0 Å². The van der Waals surface area contributed by atoms with Crippen molar-refractivity contribution in [2.75, 3.05) is 42.9 Å². The lowest BCUT2D eigenvalue weighted by Crippen LogP contribution is -2.46. The number of amides is 1. The molecule has 1 aliphatic heterocycles. The molecule has 1 heterocycles. The monoisotopic (exact) mass is 417 g/mol. The van der Waals surface area contributed by atoms with Gasteiger partial charge in [-0.2, -0.15) is 0 Å². The minimum Gasteiger partial charge on any atom is -0.367 e. The number of rotatable bonds is 5. The van der Waals surface area contributed by atoms with E-state index in [4.69, 9.17) is 23.2 Å². The highest BCUT2D eigenvalue weighted by molar-refractivity contribution is 6.31. The predicted octanol–water partition coefficient (Wildman–Crippen LogP) is 4.88. The molecule has 2 atom stereocenters. The van der Waals surface area contributed by atoms with Crippen molar-refractivity contribution in [1.82, 2.24) is 4.90 Å². The predicted molar refractivity (Wildman–Crippen MR) is 117 cm³/mol. The Hall–Kier alpha value is -1.75. The molecule has 2 unspecified atom stereocenters. The fourth-order valence-corrected chi connectivity index (χ4v) is 4.47. The maximum absolute atomic E-state index is 12.9. The largest absolute Gasteiger partial charge is 0.367 e. The molecule has 2 aromatic carbocycles. The van der Waals surface area contributed by atoms with Crippen LogP contribution in [0.15, 0.2) is 42.5 Å². The molecule has 1 saturated heterocycles. The van der Waals surface area contributed by atoms with E-state index in [-0.39, 0.29) is 17.7 Å². The Kier molecular flexibility index (Phi) is 5.81. The molecule has 1 saturated carbocycles. The summed E-state index contributed by atoms with van der Waals surface area (Å²) in [6, 6.07) is 13.5.